The second kappa shape index (κ2) is 9.61. The molecular formula is C26H40N2O6. The van der Waals surface area contributed by atoms with Crippen LogP contribution in [0.3, 0.4) is 0 Å². The van der Waals surface area contributed by atoms with Crippen molar-refractivity contribution in [1.29, 1.82) is 0 Å². The zero-order valence-electron chi connectivity index (χ0n) is 20.6. The summed E-state index contributed by atoms with van der Waals surface area (Å²) in [6.07, 6.45) is 9.41. The first-order valence-electron chi connectivity index (χ1n) is 13.0. The zero-order chi connectivity index (χ0) is 24.7. The number of ether oxygens (including phenoxy) is 1. The first-order chi connectivity index (χ1) is 16.2. The summed E-state index contributed by atoms with van der Waals surface area (Å²) >= 11 is 0. The number of carboxylic acid groups (broad SMARTS) is 1. The fraction of sp³-hybridized carbons (Fsp3) is 0.808. The minimum Gasteiger partial charge on any atom is -0.481 e. The molecule has 1 saturated carbocycles. The van der Waals surface area contributed by atoms with Crippen LogP contribution in [0.2, 0.25) is 0 Å². The fourth-order valence-corrected chi connectivity index (χ4v) is 7.31. The van der Waals surface area contributed by atoms with Gasteiger partial charge in [-0.15, -0.1) is 6.58 Å². The van der Waals surface area contributed by atoms with Crippen LogP contribution in [-0.4, -0.2) is 80.8 Å². The highest BCUT2D eigenvalue weighted by molar-refractivity contribution is 5.98. The van der Waals surface area contributed by atoms with Gasteiger partial charge in [0.1, 0.15) is 17.6 Å². The van der Waals surface area contributed by atoms with E-state index >= 15 is 0 Å². The minimum atomic E-state index is -1.11. The van der Waals surface area contributed by atoms with Crippen LogP contribution in [0.1, 0.15) is 71.6 Å². The smallest absolute Gasteiger partial charge is 0.310 e. The molecule has 0 radical (unpaired) electrons. The van der Waals surface area contributed by atoms with Gasteiger partial charge in [0, 0.05) is 25.7 Å². The van der Waals surface area contributed by atoms with E-state index in [1.807, 2.05) is 11.8 Å². The molecule has 1 aliphatic carbocycles. The van der Waals surface area contributed by atoms with E-state index in [-0.39, 0.29) is 30.4 Å². The van der Waals surface area contributed by atoms with Crippen molar-refractivity contribution < 1.29 is 29.3 Å². The topological polar surface area (TPSA) is 107 Å². The summed E-state index contributed by atoms with van der Waals surface area (Å²) in [5.41, 5.74) is -2.09. The average Bonchev–Trinajstić information content (AvgIpc) is 3.32. The van der Waals surface area contributed by atoms with Crippen molar-refractivity contribution >= 4 is 17.8 Å². The molecular weight excluding hydrogens is 436 g/mol. The number of unbranched alkanes of at least 4 members (excludes halogenated alkanes) is 2. The van der Waals surface area contributed by atoms with Crippen molar-refractivity contribution in [3.05, 3.63) is 12.7 Å². The molecule has 0 aromatic carbocycles. The predicted molar refractivity (Wildman–Crippen MR) is 126 cm³/mol. The highest BCUT2D eigenvalue weighted by Crippen LogP contribution is 2.65. The van der Waals surface area contributed by atoms with Crippen LogP contribution in [0.15, 0.2) is 12.7 Å². The van der Waals surface area contributed by atoms with Gasteiger partial charge in [-0.1, -0.05) is 32.3 Å². The molecule has 8 heteroatoms. The van der Waals surface area contributed by atoms with E-state index in [2.05, 4.69) is 6.58 Å². The van der Waals surface area contributed by atoms with Gasteiger partial charge in [-0.2, -0.15) is 0 Å². The van der Waals surface area contributed by atoms with Gasteiger partial charge in [0.2, 0.25) is 11.8 Å². The lowest BCUT2D eigenvalue weighted by atomic mass is 9.62. The molecule has 0 aromatic heterocycles. The van der Waals surface area contributed by atoms with Gasteiger partial charge < -0.3 is 24.7 Å². The van der Waals surface area contributed by atoms with Gasteiger partial charge in [0.05, 0.1) is 11.5 Å². The standard InChI is InChI=1S/C26H40N2O6/c1-4-13-27(18-11-7-5-8-12-18)23(31)21-26-16-17(2)25(3,34-26)20(24(32)33)19(26)22(30)28(21)14-9-6-10-15-29/h4,17-21,29H,1,5-16H2,2-3H3,(H,32,33)/t17?,19-,20+,21?,25-,26?/m0/s1. The lowest BCUT2D eigenvalue weighted by molar-refractivity contribution is -0.158. The second-order valence-corrected chi connectivity index (χ2v) is 10.9. The zero-order valence-corrected chi connectivity index (χ0v) is 20.6. The van der Waals surface area contributed by atoms with Crippen LogP contribution in [0.25, 0.3) is 0 Å². The van der Waals surface area contributed by atoms with Gasteiger partial charge in [0.25, 0.3) is 0 Å². The number of aliphatic hydroxyl groups excluding tert-OH is 1. The number of hydrogen-bond acceptors (Lipinski definition) is 5. The summed E-state index contributed by atoms with van der Waals surface area (Å²) in [5, 5.41) is 19.3. The summed E-state index contributed by atoms with van der Waals surface area (Å²) in [7, 11) is 0. The number of fused-ring (bicyclic) bond motifs is 1. The second-order valence-electron chi connectivity index (χ2n) is 10.9. The maximum absolute atomic E-state index is 14.3. The molecule has 3 heterocycles. The molecule has 4 fully saturated rings. The molecule has 3 unspecified atom stereocenters. The molecule has 190 valence electrons. The number of amides is 2. The number of carboxylic acids is 1. The van der Waals surface area contributed by atoms with Gasteiger partial charge in [-0.25, -0.2) is 0 Å². The number of rotatable bonds is 10. The van der Waals surface area contributed by atoms with E-state index in [1.54, 1.807) is 17.9 Å². The van der Waals surface area contributed by atoms with E-state index in [0.717, 1.165) is 38.5 Å². The molecule has 1 spiro atoms. The molecule has 3 saturated heterocycles. The van der Waals surface area contributed by atoms with Gasteiger partial charge in [-0.05, 0) is 51.4 Å². The Kier molecular flexibility index (Phi) is 7.11. The van der Waals surface area contributed by atoms with Crippen molar-refractivity contribution in [3.8, 4) is 0 Å². The lowest BCUT2D eigenvalue weighted by Crippen LogP contribution is -2.58. The fourth-order valence-electron chi connectivity index (χ4n) is 7.31. The monoisotopic (exact) mass is 476 g/mol. The van der Waals surface area contributed by atoms with Crippen LogP contribution in [0.4, 0.5) is 0 Å². The van der Waals surface area contributed by atoms with E-state index in [1.165, 1.54) is 0 Å². The quantitative estimate of drug-likeness (QED) is 0.371. The first-order valence-corrected chi connectivity index (χ1v) is 13.0. The average molecular weight is 477 g/mol. The Morgan fingerprint density at radius 3 is 2.56 bits per heavy atom. The van der Waals surface area contributed by atoms with Crippen molar-refractivity contribution in [3.63, 3.8) is 0 Å². The summed E-state index contributed by atoms with van der Waals surface area (Å²) in [6, 6.07) is -0.724. The molecule has 4 rings (SSSR count). The molecule has 4 aliphatic rings. The predicted octanol–water partition coefficient (Wildman–Crippen LogP) is 2.59. The molecule has 2 N–H and O–H groups in total. The van der Waals surface area contributed by atoms with Gasteiger partial charge in [-0.3, -0.25) is 14.4 Å². The Morgan fingerprint density at radius 2 is 1.94 bits per heavy atom. The maximum atomic E-state index is 14.3. The third-order valence-electron chi connectivity index (χ3n) is 9.00. The molecule has 34 heavy (non-hydrogen) atoms. The number of carbonyl (C=O) groups is 3. The van der Waals surface area contributed by atoms with E-state index in [9.17, 15) is 19.5 Å². The first kappa shape index (κ1) is 25.2. The van der Waals surface area contributed by atoms with E-state index < -0.39 is 35.0 Å². The Labute approximate surface area is 202 Å². The number of carbonyl (C=O) groups excluding carboxylic acids is 2. The highest BCUT2D eigenvalue weighted by Gasteiger charge is 2.80. The Balaban J connectivity index is 1.73. The highest BCUT2D eigenvalue weighted by atomic mass is 16.5. The van der Waals surface area contributed by atoms with Crippen molar-refractivity contribution in [1.82, 2.24) is 9.80 Å². The van der Waals surface area contributed by atoms with Gasteiger partial charge >= 0.3 is 5.97 Å². The van der Waals surface area contributed by atoms with Crippen LogP contribution >= 0.6 is 0 Å². The molecule has 2 bridgehead atoms. The number of nitrogens with zero attached hydrogens (tertiary/aromatic N) is 2. The van der Waals surface area contributed by atoms with Crippen LogP contribution in [0.5, 0.6) is 0 Å². The normalized spacial score (nSPS) is 37.1. The number of likely N-dealkylation sites (tertiary alicyclic amines) is 1. The number of aliphatic hydroxyl groups is 1. The lowest BCUT2D eigenvalue weighted by Gasteiger charge is -2.41. The summed E-state index contributed by atoms with van der Waals surface area (Å²) in [6.45, 7) is 8.49. The Morgan fingerprint density at radius 1 is 1.24 bits per heavy atom. The minimum absolute atomic E-state index is 0.0789. The number of aliphatic carboxylic acids is 1. The van der Waals surface area contributed by atoms with Crippen molar-refractivity contribution in [2.24, 2.45) is 17.8 Å². The van der Waals surface area contributed by atoms with E-state index in [4.69, 9.17) is 9.84 Å². The van der Waals surface area contributed by atoms with Crippen molar-refractivity contribution in [2.45, 2.75) is 94.9 Å². The molecule has 0 aromatic rings. The van der Waals surface area contributed by atoms with Crippen molar-refractivity contribution in [2.75, 3.05) is 19.7 Å². The van der Waals surface area contributed by atoms with Gasteiger partial charge in [0.15, 0.2) is 0 Å². The van der Waals surface area contributed by atoms with Crippen LogP contribution in [-0.2, 0) is 19.1 Å². The third-order valence-corrected chi connectivity index (χ3v) is 9.00. The summed E-state index contributed by atoms with van der Waals surface area (Å²) in [4.78, 5) is 44.0. The van der Waals surface area contributed by atoms with Crippen LogP contribution in [0, 0.1) is 17.8 Å². The van der Waals surface area contributed by atoms with E-state index in [0.29, 0.717) is 32.4 Å². The Hall–Kier alpha value is -1.93. The molecule has 2 amide bonds. The SMILES string of the molecule is C=CCN(C(=O)C1N(CCCCCO)C(=O)[C@@H]2[C@H](C(=O)O)[C@@]3(C)OC12CC3C)C1CCCCC1. The molecule has 6 atom stereocenters. The third kappa shape index (κ3) is 3.77. The molecule has 3 aliphatic heterocycles. The maximum Gasteiger partial charge on any atom is 0.310 e. The number of hydrogen-bond donors (Lipinski definition) is 2. The summed E-state index contributed by atoms with van der Waals surface area (Å²) < 4.78 is 6.58. The Bertz CT molecular complexity index is 826. The largest absolute Gasteiger partial charge is 0.481 e. The summed E-state index contributed by atoms with van der Waals surface area (Å²) in [5.74, 6) is -3.33. The molecule has 8 nitrogen and oxygen atoms in total. The van der Waals surface area contributed by atoms with Crippen LogP contribution < -0.4 is 0 Å².